The second-order valence-corrected chi connectivity index (χ2v) is 8.39. The van der Waals surface area contributed by atoms with Gasteiger partial charge in [0.05, 0.1) is 34.2 Å². The van der Waals surface area contributed by atoms with Gasteiger partial charge in [-0.1, -0.05) is 6.08 Å². The molecule has 0 fully saturated rings. The fraction of sp³-hybridized carbons (Fsp3) is 0.200. The minimum atomic E-state index is -4.54. The maximum atomic E-state index is 13.6. The van der Waals surface area contributed by atoms with Crippen LogP contribution in [0.5, 0.6) is 0 Å². The summed E-state index contributed by atoms with van der Waals surface area (Å²) in [5.74, 6) is 0. The first-order valence-electron chi connectivity index (χ1n) is 11.0. The zero-order chi connectivity index (χ0) is 23.3. The quantitative estimate of drug-likeness (QED) is 0.348. The minimum Gasteiger partial charge on any atom is -0.277 e. The molecular weight excluding hydrogens is 441 g/mol. The lowest BCUT2D eigenvalue weighted by Crippen LogP contribution is -2.11. The van der Waals surface area contributed by atoms with Gasteiger partial charge in [-0.3, -0.25) is 15.2 Å². The fourth-order valence-electron chi connectivity index (χ4n) is 4.83. The van der Waals surface area contributed by atoms with Crippen molar-refractivity contribution < 1.29 is 13.2 Å². The molecule has 34 heavy (non-hydrogen) atoms. The first-order valence-corrected chi connectivity index (χ1v) is 11.0. The molecule has 1 aliphatic carbocycles. The van der Waals surface area contributed by atoms with Crippen molar-refractivity contribution in [2.75, 3.05) is 0 Å². The van der Waals surface area contributed by atoms with Crippen LogP contribution in [-0.2, 0) is 19.0 Å². The minimum absolute atomic E-state index is 0.00218. The number of aromatic amines is 2. The fourth-order valence-corrected chi connectivity index (χ4v) is 4.83. The number of hydrogen-bond acceptors (Lipinski definition) is 4. The number of hydrogen-bond donors (Lipinski definition) is 2. The molecule has 0 radical (unpaired) electrons. The lowest BCUT2D eigenvalue weighted by atomic mass is 9.85. The van der Waals surface area contributed by atoms with Gasteiger partial charge in [-0.15, -0.1) is 0 Å². The van der Waals surface area contributed by atoms with Gasteiger partial charge in [0.25, 0.3) is 0 Å². The van der Waals surface area contributed by atoms with Gasteiger partial charge in [0.15, 0.2) is 0 Å². The van der Waals surface area contributed by atoms with Gasteiger partial charge in [0, 0.05) is 23.2 Å². The Morgan fingerprint density at radius 3 is 2.47 bits per heavy atom. The molecule has 6 rings (SSSR count). The van der Waals surface area contributed by atoms with Crippen molar-refractivity contribution in [3.63, 3.8) is 0 Å². The van der Waals surface area contributed by atoms with Crippen molar-refractivity contribution in [1.82, 2.24) is 30.4 Å². The molecule has 4 aromatic heterocycles. The maximum Gasteiger partial charge on any atom is 0.433 e. The van der Waals surface area contributed by atoms with Crippen molar-refractivity contribution in [2.24, 2.45) is 0 Å². The zero-order valence-corrected chi connectivity index (χ0v) is 17.9. The van der Waals surface area contributed by atoms with Crippen LogP contribution >= 0.6 is 0 Å². The average Bonchev–Trinajstić information content (AvgIpc) is 3.50. The van der Waals surface area contributed by atoms with E-state index in [1.165, 1.54) is 6.20 Å². The number of nitrogens with zero attached hydrogens (tertiary/aromatic N) is 4. The van der Waals surface area contributed by atoms with Crippen LogP contribution in [0, 0.1) is 0 Å². The third-order valence-corrected chi connectivity index (χ3v) is 6.34. The molecule has 9 heteroatoms. The highest BCUT2D eigenvalue weighted by Gasteiger charge is 2.37. The van der Waals surface area contributed by atoms with Crippen molar-refractivity contribution >= 4 is 34.0 Å². The van der Waals surface area contributed by atoms with E-state index in [4.69, 9.17) is 4.98 Å². The second-order valence-electron chi connectivity index (χ2n) is 8.39. The number of nitrogens with one attached hydrogen (secondary N) is 2. The van der Waals surface area contributed by atoms with Crippen LogP contribution in [0.3, 0.4) is 0 Å². The number of rotatable bonds is 3. The standard InChI is InChI=1S/C25H19F3N6/c26-25(27,28)24-17(13-30-34-24)23-16-4-2-1-3-15(16)21-18(31-23)7-8-20-22(21)19(32-33-20)6-5-14-9-11-29-12-10-14/h5-13H,1-4H2,(H,30,34)(H,32,33)/b6-5+. The van der Waals surface area contributed by atoms with E-state index in [2.05, 4.69) is 25.4 Å². The van der Waals surface area contributed by atoms with Crippen LogP contribution in [0.4, 0.5) is 13.2 Å². The molecule has 6 nitrogen and oxygen atoms in total. The van der Waals surface area contributed by atoms with E-state index in [1.54, 1.807) is 12.4 Å². The highest BCUT2D eigenvalue weighted by atomic mass is 19.4. The van der Waals surface area contributed by atoms with Gasteiger partial charge in [-0.2, -0.15) is 23.4 Å². The SMILES string of the molecule is FC(F)(F)c1[nH]ncc1-c1nc2ccc3[nH]nc(/C=C/c4ccncc4)c3c2c2c1CCCC2. The van der Waals surface area contributed by atoms with Crippen molar-refractivity contribution in [3.8, 4) is 11.3 Å². The first-order chi connectivity index (χ1) is 16.5. The van der Waals surface area contributed by atoms with Crippen molar-refractivity contribution in [3.05, 3.63) is 70.9 Å². The number of benzene rings is 1. The maximum absolute atomic E-state index is 13.6. The Labute approximate surface area is 191 Å². The monoisotopic (exact) mass is 460 g/mol. The largest absolute Gasteiger partial charge is 0.433 e. The molecule has 2 N–H and O–H groups in total. The van der Waals surface area contributed by atoms with Gasteiger partial charge in [-0.25, -0.2) is 4.98 Å². The Morgan fingerprint density at radius 1 is 0.882 bits per heavy atom. The van der Waals surface area contributed by atoms with Crippen molar-refractivity contribution in [2.45, 2.75) is 31.9 Å². The summed E-state index contributed by atoms with van der Waals surface area (Å²) in [6.45, 7) is 0. The molecule has 0 unspecified atom stereocenters. The molecule has 1 aromatic carbocycles. The smallest absolute Gasteiger partial charge is 0.277 e. The summed E-state index contributed by atoms with van der Waals surface area (Å²) in [6, 6.07) is 7.53. The summed E-state index contributed by atoms with van der Waals surface area (Å²) in [4.78, 5) is 8.80. The number of halogens is 3. The molecule has 4 heterocycles. The molecule has 5 aromatic rings. The Bertz CT molecular complexity index is 1550. The van der Waals surface area contributed by atoms with Crippen LogP contribution in [0.2, 0.25) is 0 Å². The molecule has 1 aliphatic rings. The summed E-state index contributed by atoms with van der Waals surface area (Å²) in [7, 11) is 0. The third kappa shape index (κ3) is 3.35. The molecule has 0 aliphatic heterocycles. The van der Waals surface area contributed by atoms with E-state index in [-0.39, 0.29) is 5.56 Å². The van der Waals surface area contributed by atoms with E-state index >= 15 is 0 Å². The first kappa shape index (κ1) is 20.6. The van der Waals surface area contributed by atoms with Crippen LogP contribution in [0.1, 0.15) is 40.9 Å². The zero-order valence-electron chi connectivity index (χ0n) is 17.9. The number of H-pyrrole nitrogens is 2. The molecule has 0 saturated carbocycles. The predicted octanol–water partition coefficient (Wildman–Crippen LogP) is 5.96. The molecule has 0 bridgehead atoms. The molecular formula is C25H19F3N6. The number of aryl methyl sites for hydroxylation is 1. The lowest BCUT2D eigenvalue weighted by Gasteiger charge is -2.22. The van der Waals surface area contributed by atoms with E-state index < -0.39 is 11.9 Å². The van der Waals surface area contributed by atoms with Crippen LogP contribution in [-0.4, -0.2) is 30.4 Å². The van der Waals surface area contributed by atoms with Crippen LogP contribution in [0.25, 0.3) is 45.2 Å². The topological polar surface area (TPSA) is 83.1 Å². The van der Waals surface area contributed by atoms with Gasteiger partial charge in [-0.05, 0) is 72.7 Å². The summed E-state index contributed by atoms with van der Waals surface area (Å²) in [6.07, 6.45) is 7.37. The van der Waals surface area contributed by atoms with Gasteiger partial charge >= 0.3 is 6.18 Å². The summed E-state index contributed by atoms with van der Waals surface area (Å²) >= 11 is 0. The normalized spacial score (nSPS) is 14.3. The molecule has 0 atom stereocenters. The van der Waals surface area contributed by atoms with Crippen LogP contribution < -0.4 is 0 Å². The number of alkyl halides is 3. The highest BCUT2D eigenvalue weighted by molar-refractivity contribution is 6.11. The van der Waals surface area contributed by atoms with Crippen molar-refractivity contribution in [1.29, 1.82) is 0 Å². The average molecular weight is 460 g/mol. The second kappa shape index (κ2) is 7.79. The highest BCUT2D eigenvalue weighted by Crippen LogP contribution is 2.42. The van der Waals surface area contributed by atoms with E-state index in [1.807, 2.05) is 36.4 Å². The van der Waals surface area contributed by atoms with Crippen LogP contribution in [0.15, 0.2) is 42.9 Å². The van der Waals surface area contributed by atoms with Gasteiger partial charge < -0.3 is 0 Å². The molecule has 0 saturated heterocycles. The summed E-state index contributed by atoms with van der Waals surface area (Å²) in [5, 5.41) is 15.3. The summed E-state index contributed by atoms with van der Waals surface area (Å²) in [5.41, 5.74) is 4.68. The Balaban J connectivity index is 1.61. The molecule has 0 spiro atoms. The Hall–Kier alpha value is -4.01. The third-order valence-electron chi connectivity index (χ3n) is 6.34. The summed E-state index contributed by atoms with van der Waals surface area (Å²) < 4.78 is 40.9. The Kier molecular flexibility index (Phi) is 4.72. The van der Waals surface area contributed by atoms with Gasteiger partial charge in [0.1, 0.15) is 5.69 Å². The van der Waals surface area contributed by atoms with E-state index in [0.29, 0.717) is 17.6 Å². The van der Waals surface area contributed by atoms with E-state index in [9.17, 15) is 13.2 Å². The number of pyridine rings is 2. The Morgan fingerprint density at radius 2 is 1.68 bits per heavy atom. The predicted molar refractivity (Wildman–Crippen MR) is 124 cm³/mol. The van der Waals surface area contributed by atoms with Gasteiger partial charge in [0.2, 0.25) is 0 Å². The number of fused-ring (bicyclic) bond motifs is 5. The lowest BCUT2D eigenvalue weighted by molar-refractivity contribution is -0.140. The number of aromatic nitrogens is 6. The van der Waals surface area contributed by atoms with E-state index in [0.717, 1.165) is 57.9 Å². The molecule has 0 amide bonds. The molecule has 170 valence electrons.